The fraction of sp³-hybridized carbons (Fsp3) is 0.429. The zero-order valence-electron chi connectivity index (χ0n) is 10.0. The number of nitrogens with one attached hydrogen (secondary N) is 2. The van der Waals surface area contributed by atoms with Gasteiger partial charge in [0, 0.05) is 23.1 Å². The zero-order chi connectivity index (χ0) is 11.8. The first-order chi connectivity index (χ1) is 8.29. The molecule has 3 rings (SSSR count). The maximum Gasteiger partial charge on any atom is 0.125 e. The number of H-pyrrole nitrogens is 1. The molecule has 1 aliphatic carbocycles. The highest BCUT2D eigenvalue weighted by molar-refractivity contribution is 5.85. The highest BCUT2D eigenvalue weighted by Crippen LogP contribution is 2.36. The largest absolute Gasteiger partial charge is 0.358 e. The third-order valence-electron chi connectivity index (χ3n) is 3.72. The minimum Gasteiger partial charge on any atom is -0.358 e. The van der Waals surface area contributed by atoms with Crippen LogP contribution in [0.15, 0.2) is 18.2 Å². The molecule has 0 bridgehead atoms. The molecule has 1 unspecified atom stereocenters. The summed E-state index contributed by atoms with van der Waals surface area (Å²) in [5, 5.41) is 4.45. The number of benzene rings is 1. The first kappa shape index (κ1) is 10.8. The zero-order valence-corrected chi connectivity index (χ0v) is 10.0. The lowest BCUT2D eigenvalue weighted by Crippen LogP contribution is -2.20. The van der Waals surface area contributed by atoms with Crippen LogP contribution in [0.2, 0.25) is 0 Å². The topological polar surface area (TPSA) is 27.8 Å². The fourth-order valence-electron chi connectivity index (χ4n) is 3.03. The maximum absolute atomic E-state index is 13.2. The second-order valence-electron chi connectivity index (χ2n) is 4.85. The van der Waals surface area contributed by atoms with Crippen LogP contribution in [0.1, 0.15) is 30.0 Å². The number of halogens is 1. The predicted molar refractivity (Wildman–Crippen MR) is 67.9 cm³/mol. The van der Waals surface area contributed by atoms with E-state index in [0.29, 0.717) is 5.92 Å². The van der Waals surface area contributed by atoms with E-state index in [1.807, 2.05) is 13.1 Å². The van der Waals surface area contributed by atoms with Crippen molar-refractivity contribution in [3.63, 3.8) is 0 Å². The van der Waals surface area contributed by atoms with Crippen molar-refractivity contribution in [3.05, 3.63) is 35.3 Å². The smallest absolute Gasteiger partial charge is 0.125 e. The summed E-state index contributed by atoms with van der Waals surface area (Å²) in [7, 11) is 1.99. The lowest BCUT2D eigenvalue weighted by Gasteiger charge is -2.22. The second-order valence-corrected chi connectivity index (χ2v) is 4.85. The van der Waals surface area contributed by atoms with E-state index in [-0.39, 0.29) is 5.82 Å². The van der Waals surface area contributed by atoms with Crippen molar-refractivity contribution in [1.82, 2.24) is 10.3 Å². The van der Waals surface area contributed by atoms with Crippen LogP contribution < -0.4 is 5.32 Å². The van der Waals surface area contributed by atoms with Crippen LogP contribution in [0.25, 0.3) is 10.9 Å². The molecule has 2 nitrogen and oxygen atoms in total. The number of fused-ring (bicyclic) bond motifs is 3. The Kier molecular flexibility index (Phi) is 2.63. The van der Waals surface area contributed by atoms with Gasteiger partial charge in [0.25, 0.3) is 0 Å². The lowest BCUT2D eigenvalue weighted by molar-refractivity contribution is 0.529. The van der Waals surface area contributed by atoms with E-state index in [9.17, 15) is 4.39 Å². The van der Waals surface area contributed by atoms with Gasteiger partial charge in [0.2, 0.25) is 0 Å². The van der Waals surface area contributed by atoms with Crippen LogP contribution >= 0.6 is 0 Å². The summed E-state index contributed by atoms with van der Waals surface area (Å²) < 4.78 is 13.2. The highest BCUT2D eigenvalue weighted by Gasteiger charge is 2.23. The molecule has 0 radical (unpaired) electrons. The molecule has 0 spiro atoms. The number of hydrogen-bond acceptors (Lipinski definition) is 1. The van der Waals surface area contributed by atoms with Gasteiger partial charge in [-0.2, -0.15) is 0 Å². The summed E-state index contributed by atoms with van der Waals surface area (Å²) in [5.41, 5.74) is 3.65. The Morgan fingerprint density at radius 3 is 3.18 bits per heavy atom. The van der Waals surface area contributed by atoms with Crippen LogP contribution in [-0.4, -0.2) is 18.6 Å². The molecule has 1 aromatic heterocycles. The fourth-order valence-corrected chi connectivity index (χ4v) is 3.03. The third kappa shape index (κ3) is 1.75. The molecule has 0 amide bonds. The predicted octanol–water partition coefficient (Wildman–Crippen LogP) is 2.95. The second kappa shape index (κ2) is 4.15. The molecular weight excluding hydrogens is 215 g/mol. The van der Waals surface area contributed by atoms with Crippen LogP contribution in [0.3, 0.4) is 0 Å². The molecule has 2 N–H and O–H groups in total. The van der Waals surface area contributed by atoms with E-state index in [1.54, 1.807) is 12.1 Å². The van der Waals surface area contributed by atoms with E-state index >= 15 is 0 Å². The van der Waals surface area contributed by atoms with Crippen molar-refractivity contribution in [3.8, 4) is 0 Å². The molecule has 0 saturated heterocycles. The molecule has 90 valence electrons. The van der Waals surface area contributed by atoms with E-state index in [4.69, 9.17) is 0 Å². The Hall–Kier alpha value is -1.35. The monoisotopic (exact) mass is 232 g/mol. The molecule has 17 heavy (non-hydrogen) atoms. The molecule has 1 aliphatic rings. The SMILES string of the molecule is CNCC1CCCc2[nH]c3cc(F)ccc3c21. The van der Waals surface area contributed by atoms with Crippen molar-refractivity contribution in [1.29, 1.82) is 0 Å². The number of likely N-dealkylation sites (N-methyl/N-ethyl adjacent to an activating group) is 1. The quantitative estimate of drug-likeness (QED) is 0.818. The first-order valence-corrected chi connectivity index (χ1v) is 6.24. The number of hydrogen-bond donors (Lipinski definition) is 2. The van der Waals surface area contributed by atoms with Crippen molar-refractivity contribution in [2.75, 3.05) is 13.6 Å². The summed E-state index contributed by atoms with van der Waals surface area (Å²) in [6, 6.07) is 5.07. The Bertz CT molecular complexity index is 544. The van der Waals surface area contributed by atoms with Crippen molar-refractivity contribution >= 4 is 10.9 Å². The number of aromatic amines is 1. The standard InChI is InChI=1S/C14H17FN2/c1-16-8-9-3-2-4-12-14(9)11-6-5-10(15)7-13(11)17-12/h5-7,9,16-17H,2-4,8H2,1H3. The van der Waals surface area contributed by atoms with E-state index in [2.05, 4.69) is 10.3 Å². The molecule has 0 fully saturated rings. The van der Waals surface area contributed by atoms with Gasteiger partial charge in [-0.05, 0) is 56.0 Å². The normalized spacial score (nSPS) is 19.5. The third-order valence-corrected chi connectivity index (χ3v) is 3.72. The van der Waals surface area contributed by atoms with Crippen molar-refractivity contribution < 1.29 is 4.39 Å². The summed E-state index contributed by atoms with van der Waals surface area (Å²) in [4.78, 5) is 3.38. The molecule has 3 heteroatoms. The van der Waals surface area contributed by atoms with E-state index < -0.39 is 0 Å². The van der Waals surface area contributed by atoms with Gasteiger partial charge in [-0.25, -0.2) is 4.39 Å². The van der Waals surface area contributed by atoms with Crippen LogP contribution in [0, 0.1) is 5.82 Å². The molecule has 2 aromatic rings. The summed E-state index contributed by atoms with van der Waals surface area (Å²) in [6.45, 7) is 0.997. The lowest BCUT2D eigenvalue weighted by atomic mass is 9.85. The van der Waals surface area contributed by atoms with Gasteiger partial charge >= 0.3 is 0 Å². The summed E-state index contributed by atoms with van der Waals surface area (Å²) >= 11 is 0. The van der Waals surface area contributed by atoms with Gasteiger partial charge in [0.1, 0.15) is 5.82 Å². The number of aryl methyl sites for hydroxylation is 1. The van der Waals surface area contributed by atoms with Gasteiger partial charge in [-0.1, -0.05) is 0 Å². The van der Waals surface area contributed by atoms with Gasteiger partial charge in [-0.15, -0.1) is 0 Å². The van der Waals surface area contributed by atoms with Crippen LogP contribution in [0.5, 0.6) is 0 Å². The molecular formula is C14H17FN2. The molecule has 1 aromatic carbocycles. The average Bonchev–Trinajstić information content (AvgIpc) is 2.67. The van der Waals surface area contributed by atoms with Gasteiger partial charge in [0.05, 0.1) is 0 Å². The summed E-state index contributed by atoms with van der Waals surface area (Å²) in [6.07, 6.45) is 3.53. The first-order valence-electron chi connectivity index (χ1n) is 6.24. The van der Waals surface area contributed by atoms with Crippen LogP contribution in [-0.2, 0) is 6.42 Å². The molecule has 0 aliphatic heterocycles. The Morgan fingerprint density at radius 2 is 2.35 bits per heavy atom. The molecule has 0 saturated carbocycles. The Morgan fingerprint density at radius 1 is 1.47 bits per heavy atom. The van der Waals surface area contributed by atoms with Gasteiger partial charge < -0.3 is 10.3 Å². The van der Waals surface area contributed by atoms with Gasteiger partial charge in [-0.3, -0.25) is 0 Å². The van der Waals surface area contributed by atoms with Crippen molar-refractivity contribution in [2.45, 2.75) is 25.2 Å². The van der Waals surface area contributed by atoms with Crippen LogP contribution in [0.4, 0.5) is 4.39 Å². The summed E-state index contributed by atoms with van der Waals surface area (Å²) in [5.74, 6) is 0.393. The Balaban J connectivity index is 2.17. The van der Waals surface area contributed by atoms with Gasteiger partial charge in [0.15, 0.2) is 0 Å². The number of aromatic nitrogens is 1. The van der Waals surface area contributed by atoms with Crippen molar-refractivity contribution in [2.24, 2.45) is 0 Å². The maximum atomic E-state index is 13.2. The van der Waals surface area contributed by atoms with E-state index in [0.717, 1.165) is 18.5 Å². The average molecular weight is 232 g/mol. The molecule has 1 atom stereocenters. The minimum atomic E-state index is -0.165. The van der Waals surface area contributed by atoms with E-state index in [1.165, 1.54) is 29.5 Å². The Labute approximate surface area is 100 Å². The highest BCUT2D eigenvalue weighted by atomic mass is 19.1. The minimum absolute atomic E-state index is 0.165. The number of rotatable bonds is 2. The molecule has 1 heterocycles.